The molecule has 0 spiro atoms. The highest BCUT2D eigenvalue weighted by Gasteiger charge is 1.99. The number of isothiocyanates is 1. The van der Waals surface area contributed by atoms with Crippen LogP contribution in [-0.4, -0.2) is 18.0 Å². The van der Waals surface area contributed by atoms with E-state index in [-0.39, 0.29) is 0 Å². The number of hydrogen-bond acceptors (Lipinski definition) is 3. The number of rotatable bonds is 5. The van der Waals surface area contributed by atoms with Crippen LogP contribution in [0.3, 0.4) is 0 Å². The van der Waals surface area contributed by atoms with Gasteiger partial charge in [-0.15, -0.1) is 0 Å². The van der Waals surface area contributed by atoms with Crippen molar-refractivity contribution in [3.05, 3.63) is 35.4 Å². The summed E-state index contributed by atoms with van der Waals surface area (Å²) in [6.45, 7) is 0.745. The molecule has 1 nitrogen and oxygen atoms in total. The minimum atomic E-state index is 0.745. The molecule has 0 amide bonds. The summed E-state index contributed by atoms with van der Waals surface area (Å²) in [5.74, 6) is 1.07. The highest BCUT2D eigenvalue weighted by molar-refractivity contribution is 7.97. The fourth-order valence-corrected chi connectivity index (χ4v) is 2.00. The molecular weight excluding hydrogens is 210 g/mol. The van der Waals surface area contributed by atoms with Crippen molar-refractivity contribution < 1.29 is 0 Å². The minimum Gasteiger partial charge on any atom is -0.232 e. The molecular formula is C11H13NS2. The molecule has 0 aliphatic heterocycles. The topological polar surface area (TPSA) is 12.4 Å². The van der Waals surface area contributed by atoms with Gasteiger partial charge in [0.2, 0.25) is 0 Å². The number of hydrogen-bond donors (Lipinski definition) is 0. The van der Waals surface area contributed by atoms with Gasteiger partial charge in [-0.2, -0.15) is 11.8 Å². The second-order valence-corrected chi connectivity index (χ2v) is 3.97. The van der Waals surface area contributed by atoms with Crippen LogP contribution in [0.1, 0.15) is 11.1 Å². The van der Waals surface area contributed by atoms with Gasteiger partial charge >= 0.3 is 0 Å². The molecule has 0 N–H and O–H groups in total. The molecule has 0 saturated carbocycles. The van der Waals surface area contributed by atoms with Crippen LogP contribution in [0.2, 0.25) is 0 Å². The van der Waals surface area contributed by atoms with E-state index in [1.54, 1.807) is 0 Å². The Balaban J connectivity index is 2.68. The Morgan fingerprint density at radius 1 is 1.36 bits per heavy atom. The van der Waals surface area contributed by atoms with Gasteiger partial charge in [-0.05, 0) is 36.0 Å². The Kier molecular flexibility index (Phi) is 5.53. The van der Waals surface area contributed by atoms with E-state index in [2.05, 4.69) is 52.9 Å². The lowest BCUT2D eigenvalue weighted by Crippen LogP contribution is -1.94. The summed E-state index contributed by atoms with van der Waals surface area (Å²) in [5, 5.41) is 2.39. The lowest BCUT2D eigenvalue weighted by Gasteiger charge is -2.05. The highest BCUT2D eigenvalue weighted by atomic mass is 32.2. The molecule has 0 fully saturated rings. The molecule has 14 heavy (non-hydrogen) atoms. The van der Waals surface area contributed by atoms with Gasteiger partial charge in [0.15, 0.2) is 0 Å². The maximum atomic E-state index is 4.53. The first-order valence-electron chi connectivity index (χ1n) is 4.48. The van der Waals surface area contributed by atoms with Crippen molar-refractivity contribution in [2.45, 2.75) is 12.2 Å². The molecule has 0 atom stereocenters. The first-order chi connectivity index (χ1) is 6.88. The highest BCUT2D eigenvalue weighted by Crippen LogP contribution is 2.15. The SMILES string of the molecule is CSCc1ccccc1CCN=C=S. The molecule has 1 aromatic rings. The van der Waals surface area contributed by atoms with Gasteiger partial charge in [-0.1, -0.05) is 24.3 Å². The molecule has 0 aliphatic carbocycles. The average molecular weight is 223 g/mol. The molecule has 1 aromatic carbocycles. The summed E-state index contributed by atoms with van der Waals surface area (Å²) < 4.78 is 0. The quantitative estimate of drug-likeness (QED) is 0.561. The van der Waals surface area contributed by atoms with Crippen molar-refractivity contribution in [2.24, 2.45) is 4.99 Å². The summed E-state index contributed by atoms with van der Waals surface area (Å²) in [6, 6.07) is 8.48. The van der Waals surface area contributed by atoms with Crippen molar-refractivity contribution in [1.82, 2.24) is 0 Å². The monoisotopic (exact) mass is 223 g/mol. The van der Waals surface area contributed by atoms with E-state index in [1.165, 1.54) is 11.1 Å². The second kappa shape index (κ2) is 6.77. The maximum Gasteiger partial charge on any atom is 0.0585 e. The van der Waals surface area contributed by atoms with Gasteiger partial charge < -0.3 is 0 Å². The first kappa shape index (κ1) is 11.4. The van der Waals surface area contributed by atoms with Crippen LogP contribution in [0, 0.1) is 0 Å². The van der Waals surface area contributed by atoms with Crippen LogP contribution in [-0.2, 0) is 12.2 Å². The van der Waals surface area contributed by atoms with Crippen LogP contribution in [0.5, 0.6) is 0 Å². The molecule has 3 heteroatoms. The number of aliphatic imine (C=N–C) groups is 1. The normalized spacial score (nSPS) is 9.50. The average Bonchev–Trinajstić information content (AvgIpc) is 2.21. The minimum absolute atomic E-state index is 0.745. The lowest BCUT2D eigenvalue weighted by atomic mass is 10.1. The van der Waals surface area contributed by atoms with E-state index in [4.69, 9.17) is 0 Å². The lowest BCUT2D eigenvalue weighted by molar-refractivity contribution is 0.963. The first-order valence-corrected chi connectivity index (χ1v) is 6.28. The summed E-state index contributed by atoms with van der Waals surface area (Å²) in [6.07, 6.45) is 3.08. The summed E-state index contributed by atoms with van der Waals surface area (Å²) in [7, 11) is 0. The fourth-order valence-electron chi connectivity index (χ4n) is 1.32. The molecule has 0 radical (unpaired) electrons. The third-order valence-corrected chi connectivity index (χ3v) is 2.70. The number of thiocarbonyl (C=S) groups is 1. The number of nitrogens with zero attached hydrogens (tertiary/aromatic N) is 1. The van der Waals surface area contributed by atoms with E-state index in [0.717, 1.165) is 18.7 Å². The van der Waals surface area contributed by atoms with Crippen LogP contribution in [0.4, 0.5) is 0 Å². The Morgan fingerprint density at radius 2 is 2.07 bits per heavy atom. The van der Waals surface area contributed by atoms with E-state index < -0.39 is 0 Å². The Morgan fingerprint density at radius 3 is 2.71 bits per heavy atom. The van der Waals surface area contributed by atoms with Crippen molar-refractivity contribution in [1.29, 1.82) is 0 Å². The van der Waals surface area contributed by atoms with Gasteiger partial charge in [0.05, 0.1) is 11.7 Å². The van der Waals surface area contributed by atoms with Gasteiger partial charge in [0.25, 0.3) is 0 Å². The molecule has 1 rings (SSSR count). The van der Waals surface area contributed by atoms with E-state index >= 15 is 0 Å². The standard InChI is InChI=1S/C11H13NS2/c1-14-8-11-5-3-2-4-10(11)6-7-12-9-13/h2-5H,6-8H2,1H3. The Labute approximate surface area is 94.6 Å². The number of thioether (sulfide) groups is 1. The van der Waals surface area contributed by atoms with Crippen LogP contribution in [0.25, 0.3) is 0 Å². The third kappa shape index (κ3) is 3.62. The zero-order valence-electron chi connectivity index (χ0n) is 8.19. The third-order valence-electron chi connectivity index (χ3n) is 1.98. The van der Waals surface area contributed by atoms with Gasteiger partial charge in [-0.3, -0.25) is 0 Å². The molecule has 0 aromatic heterocycles. The van der Waals surface area contributed by atoms with Gasteiger partial charge in [-0.25, -0.2) is 4.99 Å². The van der Waals surface area contributed by atoms with Crippen LogP contribution < -0.4 is 0 Å². The largest absolute Gasteiger partial charge is 0.232 e. The second-order valence-electron chi connectivity index (χ2n) is 2.92. The van der Waals surface area contributed by atoms with E-state index in [0.29, 0.717) is 0 Å². The zero-order valence-corrected chi connectivity index (χ0v) is 9.83. The summed E-state index contributed by atoms with van der Waals surface area (Å²) in [4.78, 5) is 3.93. The smallest absolute Gasteiger partial charge is 0.0585 e. The maximum absolute atomic E-state index is 4.53. The van der Waals surface area contributed by atoms with Gasteiger partial charge in [0, 0.05) is 5.75 Å². The van der Waals surface area contributed by atoms with Crippen LogP contribution in [0.15, 0.2) is 29.3 Å². The molecule has 0 bridgehead atoms. The predicted molar refractivity (Wildman–Crippen MR) is 67.3 cm³/mol. The van der Waals surface area contributed by atoms with Gasteiger partial charge in [0.1, 0.15) is 0 Å². The van der Waals surface area contributed by atoms with Crippen LogP contribution >= 0.6 is 24.0 Å². The Bertz CT molecular complexity index is 330. The predicted octanol–water partition coefficient (Wildman–Crippen LogP) is 3.19. The molecule has 0 saturated heterocycles. The molecule has 74 valence electrons. The molecule has 0 aliphatic rings. The summed E-state index contributed by atoms with van der Waals surface area (Å²) >= 11 is 6.37. The van der Waals surface area contributed by atoms with Crippen molar-refractivity contribution in [2.75, 3.05) is 12.8 Å². The van der Waals surface area contributed by atoms with E-state index in [9.17, 15) is 0 Å². The zero-order chi connectivity index (χ0) is 10.2. The van der Waals surface area contributed by atoms with E-state index in [1.807, 2.05) is 11.8 Å². The molecule has 0 heterocycles. The van der Waals surface area contributed by atoms with Crippen molar-refractivity contribution >= 4 is 29.1 Å². The molecule has 0 unspecified atom stereocenters. The van der Waals surface area contributed by atoms with Crippen molar-refractivity contribution in [3.8, 4) is 0 Å². The fraction of sp³-hybridized carbons (Fsp3) is 0.364. The summed E-state index contributed by atoms with van der Waals surface area (Å²) in [5.41, 5.74) is 2.77. The number of benzene rings is 1. The Hall–Kier alpha value is -0.630. The van der Waals surface area contributed by atoms with Crippen molar-refractivity contribution in [3.63, 3.8) is 0 Å².